The van der Waals surface area contributed by atoms with Gasteiger partial charge >= 0.3 is 12.0 Å². The molecule has 0 spiro atoms. The van der Waals surface area contributed by atoms with Gasteiger partial charge in [0.15, 0.2) is 0 Å². The van der Waals surface area contributed by atoms with Gasteiger partial charge in [-0.2, -0.15) is 5.10 Å². The summed E-state index contributed by atoms with van der Waals surface area (Å²) in [6, 6.07) is -0.0257. The Hall–Kier alpha value is -2.05. The number of carboxylic acid groups (broad SMARTS) is 1. The minimum absolute atomic E-state index is 0.0204. The van der Waals surface area contributed by atoms with Crippen LogP contribution in [-0.2, 0) is 4.79 Å². The minimum atomic E-state index is -0.865. The van der Waals surface area contributed by atoms with Crippen LogP contribution in [0.5, 0.6) is 0 Å². The molecule has 0 bridgehead atoms. The molecule has 1 aliphatic rings. The molecule has 1 aromatic heterocycles. The second-order valence-corrected chi connectivity index (χ2v) is 7.28. The smallest absolute Gasteiger partial charge is 0.319 e. The molecule has 1 unspecified atom stereocenters. The number of nitrogens with zero attached hydrogens (tertiary/aromatic N) is 2. The van der Waals surface area contributed by atoms with E-state index in [-0.39, 0.29) is 12.5 Å². The van der Waals surface area contributed by atoms with Gasteiger partial charge in [0.2, 0.25) is 0 Å². The van der Waals surface area contributed by atoms with Gasteiger partial charge in [-0.3, -0.25) is 9.48 Å². The SMILES string of the molecule is CCC(C)n1ncc(NC(=O)NC(C)(C)CCC(=O)O)c1C1CC1. The molecule has 1 aromatic rings. The fourth-order valence-corrected chi connectivity index (χ4v) is 2.70. The molecular formula is C17H28N4O3. The number of aliphatic carboxylic acids is 1. The molecule has 2 rings (SSSR count). The Bertz CT molecular complexity index is 605. The lowest BCUT2D eigenvalue weighted by molar-refractivity contribution is -0.137. The van der Waals surface area contributed by atoms with E-state index in [1.165, 1.54) is 0 Å². The molecule has 0 saturated heterocycles. The van der Waals surface area contributed by atoms with Crippen LogP contribution < -0.4 is 10.6 Å². The minimum Gasteiger partial charge on any atom is -0.481 e. The van der Waals surface area contributed by atoms with Crippen molar-refractivity contribution in [3.05, 3.63) is 11.9 Å². The van der Waals surface area contributed by atoms with E-state index in [2.05, 4.69) is 29.6 Å². The van der Waals surface area contributed by atoms with Crippen LogP contribution in [0.25, 0.3) is 0 Å². The Balaban J connectivity index is 2.04. The van der Waals surface area contributed by atoms with Crippen molar-refractivity contribution in [3.63, 3.8) is 0 Å². The van der Waals surface area contributed by atoms with E-state index in [0.717, 1.165) is 30.6 Å². The summed E-state index contributed by atoms with van der Waals surface area (Å²) in [5.41, 5.74) is 1.27. The molecule has 1 atom stereocenters. The van der Waals surface area contributed by atoms with Crippen LogP contribution in [-0.4, -0.2) is 32.4 Å². The van der Waals surface area contributed by atoms with Gasteiger partial charge < -0.3 is 15.7 Å². The highest BCUT2D eigenvalue weighted by atomic mass is 16.4. The number of hydrogen-bond donors (Lipinski definition) is 3. The van der Waals surface area contributed by atoms with Crippen molar-refractivity contribution in [2.75, 3.05) is 5.32 Å². The highest BCUT2D eigenvalue weighted by Gasteiger charge is 2.32. The summed E-state index contributed by atoms with van der Waals surface area (Å²) >= 11 is 0. The molecule has 0 aliphatic heterocycles. The van der Waals surface area contributed by atoms with Crippen LogP contribution in [0.4, 0.5) is 10.5 Å². The Morgan fingerprint density at radius 1 is 1.46 bits per heavy atom. The van der Waals surface area contributed by atoms with Gasteiger partial charge in [0.1, 0.15) is 0 Å². The summed E-state index contributed by atoms with van der Waals surface area (Å²) in [5.74, 6) is -0.395. The lowest BCUT2D eigenvalue weighted by Gasteiger charge is -2.25. The first-order chi connectivity index (χ1) is 11.2. The van der Waals surface area contributed by atoms with Crippen molar-refractivity contribution in [2.45, 2.75) is 77.3 Å². The largest absolute Gasteiger partial charge is 0.481 e. The third-order valence-corrected chi connectivity index (χ3v) is 4.47. The van der Waals surface area contributed by atoms with E-state index in [9.17, 15) is 9.59 Å². The number of hydrogen-bond acceptors (Lipinski definition) is 3. The van der Waals surface area contributed by atoms with Crippen molar-refractivity contribution >= 4 is 17.7 Å². The molecule has 0 aromatic carbocycles. The molecule has 134 valence electrons. The van der Waals surface area contributed by atoms with Crippen molar-refractivity contribution in [1.29, 1.82) is 0 Å². The van der Waals surface area contributed by atoms with Crippen LogP contribution in [0.3, 0.4) is 0 Å². The van der Waals surface area contributed by atoms with Crippen molar-refractivity contribution in [2.24, 2.45) is 0 Å². The molecule has 3 N–H and O–H groups in total. The van der Waals surface area contributed by atoms with Gasteiger partial charge in [0.05, 0.1) is 17.6 Å². The quantitative estimate of drug-likeness (QED) is 0.677. The molecule has 7 heteroatoms. The van der Waals surface area contributed by atoms with Gasteiger partial charge in [0, 0.05) is 23.9 Å². The number of carbonyl (C=O) groups is 2. The van der Waals surface area contributed by atoms with Gasteiger partial charge in [-0.1, -0.05) is 6.92 Å². The monoisotopic (exact) mass is 336 g/mol. The standard InChI is InChI=1S/C17H28N4O3/c1-5-11(2)21-15(12-6-7-12)13(10-18-21)19-16(24)20-17(3,4)9-8-14(22)23/h10-12H,5-9H2,1-4H3,(H,22,23)(H2,19,20,24). The Morgan fingerprint density at radius 2 is 2.12 bits per heavy atom. The highest BCUT2D eigenvalue weighted by Crippen LogP contribution is 2.44. The van der Waals surface area contributed by atoms with E-state index in [4.69, 9.17) is 5.11 Å². The van der Waals surface area contributed by atoms with Crippen LogP contribution >= 0.6 is 0 Å². The first kappa shape index (κ1) is 18.3. The lowest BCUT2D eigenvalue weighted by atomic mass is 9.99. The number of amides is 2. The average Bonchev–Trinajstić information content (AvgIpc) is 3.25. The molecule has 1 saturated carbocycles. The molecule has 1 fully saturated rings. The predicted molar refractivity (Wildman–Crippen MR) is 92.3 cm³/mol. The number of carboxylic acids is 1. The van der Waals surface area contributed by atoms with Crippen LogP contribution in [0.1, 0.15) is 77.5 Å². The molecule has 1 heterocycles. The summed E-state index contributed by atoms with van der Waals surface area (Å²) in [6.07, 6.45) is 5.34. The third kappa shape index (κ3) is 4.72. The summed E-state index contributed by atoms with van der Waals surface area (Å²) in [5, 5.41) is 19.0. The van der Waals surface area contributed by atoms with Gasteiger partial charge in [-0.25, -0.2) is 4.79 Å². The van der Waals surface area contributed by atoms with Gasteiger partial charge in [0.25, 0.3) is 0 Å². The average molecular weight is 336 g/mol. The summed E-state index contributed by atoms with van der Waals surface area (Å²) in [6.45, 7) is 7.88. The summed E-state index contributed by atoms with van der Waals surface area (Å²) in [7, 11) is 0. The molecule has 24 heavy (non-hydrogen) atoms. The van der Waals surface area contributed by atoms with E-state index < -0.39 is 11.5 Å². The van der Waals surface area contributed by atoms with Crippen molar-refractivity contribution in [3.8, 4) is 0 Å². The predicted octanol–water partition coefficient (Wildman–Crippen LogP) is 3.50. The zero-order chi connectivity index (χ0) is 17.9. The first-order valence-electron chi connectivity index (χ1n) is 8.62. The second kappa shape index (κ2) is 7.23. The van der Waals surface area contributed by atoms with Crippen LogP contribution in [0.15, 0.2) is 6.20 Å². The van der Waals surface area contributed by atoms with E-state index in [1.54, 1.807) is 6.20 Å². The fourth-order valence-electron chi connectivity index (χ4n) is 2.70. The van der Waals surface area contributed by atoms with E-state index in [0.29, 0.717) is 18.4 Å². The second-order valence-electron chi connectivity index (χ2n) is 7.28. The molecule has 2 amide bonds. The number of rotatable bonds is 8. The van der Waals surface area contributed by atoms with Crippen molar-refractivity contribution in [1.82, 2.24) is 15.1 Å². The van der Waals surface area contributed by atoms with E-state index >= 15 is 0 Å². The highest BCUT2D eigenvalue weighted by molar-refractivity contribution is 5.90. The molecule has 1 aliphatic carbocycles. The molecular weight excluding hydrogens is 308 g/mol. The number of carbonyl (C=O) groups excluding carboxylic acids is 1. The van der Waals surface area contributed by atoms with Crippen LogP contribution in [0.2, 0.25) is 0 Å². The normalized spacial score (nSPS) is 15.8. The molecule has 0 radical (unpaired) electrons. The Morgan fingerprint density at radius 3 is 2.67 bits per heavy atom. The summed E-state index contributed by atoms with van der Waals surface area (Å²) in [4.78, 5) is 23.0. The number of nitrogens with one attached hydrogen (secondary N) is 2. The van der Waals surface area contributed by atoms with Crippen LogP contribution in [0, 0.1) is 0 Å². The maximum atomic E-state index is 12.3. The lowest BCUT2D eigenvalue weighted by Crippen LogP contribution is -2.45. The Labute approximate surface area is 142 Å². The summed E-state index contributed by atoms with van der Waals surface area (Å²) < 4.78 is 2.02. The van der Waals surface area contributed by atoms with E-state index in [1.807, 2.05) is 18.5 Å². The maximum Gasteiger partial charge on any atom is 0.319 e. The van der Waals surface area contributed by atoms with Crippen molar-refractivity contribution < 1.29 is 14.7 Å². The third-order valence-electron chi connectivity index (χ3n) is 4.47. The topological polar surface area (TPSA) is 96.3 Å². The number of anilines is 1. The van der Waals surface area contributed by atoms with Gasteiger partial charge in [-0.05, 0) is 46.5 Å². The zero-order valence-electron chi connectivity index (χ0n) is 14.9. The molecule has 7 nitrogen and oxygen atoms in total. The number of aromatic nitrogens is 2. The fraction of sp³-hybridized carbons (Fsp3) is 0.706. The first-order valence-corrected chi connectivity index (χ1v) is 8.62. The van der Waals surface area contributed by atoms with Gasteiger partial charge in [-0.15, -0.1) is 0 Å². The Kier molecular flexibility index (Phi) is 5.51. The zero-order valence-corrected chi connectivity index (χ0v) is 14.9. The number of urea groups is 1. The maximum absolute atomic E-state index is 12.3.